The van der Waals surface area contributed by atoms with Crippen molar-refractivity contribution in [3.8, 4) is 0 Å². The zero-order chi connectivity index (χ0) is 16.1. The van der Waals surface area contributed by atoms with Gasteiger partial charge >= 0.3 is 0 Å². The summed E-state index contributed by atoms with van der Waals surface area (Å²) in [6.07, 6.45) is 7.26. The first-order valence-corrected chi connectivity index (χ1v) is 7.88. The van der Waals surface area contributed by atoms with Crippen LogP contribution in [0.25, 0.3) is 10.9 Å². The van der Waals surface area contributed by atoms with Gasteiger partial charge in [-0.25, -0.2) is 0 Å². The molecule has 0 unspecified atom stereocenters. The molecule has 2 rings (SSSR count). The number of benzene rings is 1. The number of H-pyrrole nitrogens is 1. The summed E-state index contributed by atoms with van der Waals surface area (Å²) in [6.45, 7) is 8.37. The number of pyridine rings is 1. The van der Waals surface area contributed by atoms with Crippen molar-refractivity contribution in [3.05, 3.63) is 69.0 Å². The molecule has 0 atom stereocenters. The summed E-state index contributed by atoms with van der Waals surface area (Å²) in [5.41, 5.74) is 5.61. The number of nitrogens with one attached hydrogen (secondary N) is 1. The average molecular weight is 295 g/mol. The van der Waals surface area contributed by atoms with Crippen molar-refractivity contribution in [2.45, 2.75) is 47.0 Å². The van der Waals surface area contributed by atoms with E-state index in [4.69, 9.17) is 0 Å². The van der Waals surface area contributed by atoms with Gasteiger partial charge in [-0.2, -0.15) is 0 Å². The van der Waals surface area contributed by atoms with Gasteiger partial charge in [0.2, 0.25) is 0 Å². The molecule has 0 aliphatic rings. The van der Waals surface area contributed by atoms with Gasteiger partial charge in [-0.15, -0.1) is 0 Å². The minimum absolute atomic E-state index is 0.153. The van der Waals surface area contributed by atoms with Crippen molar-refractivity contribution in [1.29, 1.82) is 0 Å². The van der Waals surface area contributed by atoms with Crippen LogP contribution in [0, 0.1) is 6.92 Å². The fourth-order valence-corrected chi connectivity index (χ4v) is 2.61. The first-order valence-electron chi connectivity index (χ1n) is 7.88. The molecule has 0 radical (unpaired) electrons. The first kappa shape index (κ1) is 16.3. The van der Waals surface area contributed by atoms with Gasteiger partial charge in [-0.3, -0.25) is 4.79 Å². The second-order valence-electron chi connectivity index (χ2n) is 6.18. The van der Waals surface area contributed by atoms with Gasteiger partial charge in [-0.05, 0) is 59.1 Å². The number of aryl methyl sites for hydroxylation is 1. The molecule has 1 heterocycles. The Morgan fingerprint density at radius 2 is 1.86 bits per heavy atom. The third-order valence-electron chi connectivity index (χ3n) is 3.97. The second kappa shape index (κ2) is 7.26. The molecule has 0 amide bonds. The topological polar surface area (TPSA) is 32.9 Å². The molecule has 22 heavy (non-hydrogen) atoms. The van der Waals surface area contributed by atoms with Gasteiger partial charge in [0.15, 0.2) is 5.43 Å². The number of rotatable bonds is 5. The highest BCUT2D eigenvalue weighted by Crippen LogP contribution is 2.13. The van der Waals surface area contributed by atoms with E-state index < -0.39 is 0 Å². The lowest BCUT2D eigenvalue weighted by molar-refractivity contribution is 0.952. The molecule has 0 aliphatic carbocycles. The van der Waals surface area contributed by atoms with Crippen molar-refractivity contribution in [1.82, 2.24) is 4.98 Å². The predicted molar refractivity (Wildman–Crippen MR) is 95.4 cm³/mol. The van der Waals surface area contributed by atoms with Crippen LogP contribution in [-0.4, -0.2) is 4.98 Å². The number of allylic oxidation sites excluding steroid dienone is 4. The van der Waals surface area contributed by atoms with E-state index in [1.165, 1.54) is 11.1 Å². The van der Waals surface area contributed by atoms with E-state index >= 15 is 0 Å². The molecule has 0 spiro atoms. The van der Waals surface area contributed by atoms with Crippen LogP contribution in [0.15, 0.2) is 52.4 Å². The zero-order valence-corrected chi connectivity index (χ0v) is 14.0. The lowest BCUT2D eigenvalue weighted by Crippen LogP contribution is -2.12. The van der Waals surface area contributed by atoms with Gasteiger partial charge < -0.3 is 4.98 Å². The molecule has 0 saturated carbocycles. The number of aromatic nitrogens is 1. The van der Waals surface area contributed by atoms with E-state index in [0.717, 1.165) is 35.0 Å². The fraction of sp³-hybridized carbons (Fsp3) is 0.350. The summed E-state index contributed by atoms with van der Waals surface area (Å²) < 4.78 is 0. The maximum Gasteiger partial charge on any atom is 0.193 e. The van der Waals surface area contributed by atoms with Crippen LogP contribution in [0.4, 0.5) is 0 Å². The number of hydrogen-bond acceptors (Lipinski definition) is 1. The van der Waals surface area contributed by atoms with Gasteiger partial charge in [0.1, 0.15) is 0 Å². The Kier molecular flexibility index (Phi) is 5.37. The standard InChI is InChI=1S/C20H25NO/c1-14(2)8-7-9-15(3)12-13-17-16(4)21-19-11-6-5-10-18(19)20(17)22/h5-6,8,10-12H,7,9,13H2,1-4H3,(H,21,22)/b15-12+. The number of para-hydroxylation sites is 1. The number of hydrogen-bond donors (Lipinski definition) is 1. The Bertz CT molecular complexity index is 774. The summed E-state index contributed by atoms with van der Waals surface area (Å²) in [5.74, 6) is 0. The van der Waals surface area contributed by atoms with E-state index in [1.54, 1.807) is 0 Å². The van der Waals surface area contributed by atoms with Crippen LogP contribution < -0.4 is 5.43 Å². The van der Waals surface area contributed by atoms with E-state index in [9.17, 15) is 4.79 Å². The zero-order valence-electron chi connectivity index (χ0n) is 14.0. The Morgan fingerprint density at radius 3 is 2.59 bits per heavy atom. The Labute approximate surface area is 132 Å². The van der Waals surface area contributed by atoms with Crippen LogP contribution >= 0.6 is 0 Å². The van der Waals surface area contributed by atoms with Gasteiger partial charge in [0.05, 0.1) is 0 Å². The monoisotopic (exact) mass is 295 g/mol. The van der Waals surface area contributed by atoms with E-state index in [2.05, 4.69) is 37.9 Å². The maximum atomic E-state index is 12.6. The van der Waals surface area contributed by atoms with E-state index in [-0.39, 0.29) is 5.43 Å². The molecule has 1 aromatic carbocycles. The predicted octanol–water partition coefficient (Wildman–Crippen LogP) is 5.07. The molecule has 116 valence electrons. The van der Waals surface area contributed by atoms with Crippen LogP contribution in [0.3, 0.4) is 0 Å². The Morgan fingerprint density at radius 1 is 1.14 bits per heavy atom. The van der Waals surface area contributed by atoms with Crippen molar-refractivity contribution in [2.75, 3.05) is 0 Å². The smallest absolute Gasteiger partial charge is 0.193 e. The molecule has 0 saturated heterocycles. The minimum Gasteiger partial charge on any atom is -0.358 e. The molecule has 2 heteroatoms. The van der Waals surface area contributed by atoms with Crippen molar-refractivity contribution >= 4 is 10.9 Å². The highest BCUT2D eigenvalue weighted by Gasteiger charge is 2.07. The molecular weight excluding hydrogens is 270 g/mol. The number of fused-ring (bicyclic) bond motifs is 1. The SMILES string of the molecule is CC(C)=CCC/C(C)=C/Cc1c(C)[nH]c2ccccc2c1=O. The summed E-state index contributed by atoms with van der Waals surface area (Å²) in [4.78, 5) is 15.9. The van der Waals surface area contributed by atoms with Crippen LogP contribution in [0.2, 0.25) is 0 Å². The third kappa shape index (κ3) is 3.97. The third-order valence-corrected chi connectivity index (χ3v) is 3.97. The van der Waals surface area contributed by atoms with Gasteiger partial charge in [-0.1, -0.05) is 35.4 Å². The summed E-state index contributed by atoms with van der Waals surface area (Å²) in [6, 6.07) is 7.71. The van der Waals surface area contributed by atoms with Crippen LogP contribution in [-0.2, 0) is 6.42 Å². The van der Waals surface area contributed by atoms with Crippen molar-refractivity contribution in [2.24, 2.45) is 0 Å². The average Bonchev–Trinajstić information content (AvgIpc) is 2.46. The fourth-order valence-electron chi connectivity index (χ4n) is 2.61. The first-order chi connectivity index (χ1) is 10.5. The molecule has 2 aromatic rings. The maximum absolute atomic E-state index is 12.6. The molecule has 0 bridgehead atoms. The van der Waals surface area contributed by atoms with Crippen LogP contribution in [0.5, 0.6) is 0 Å². The normalized spacial score (nSPS) is 11.7. The lowest BCUT2D eigenvalue weighted by Gasteiger charge is -2.07. The molecule has 1 N–H and O–H groups in total. The second-order valence-corrected chi connectivity index (χ2v) is 6.18. The highest BCUT2D eigenvalue weighted by molar-refractivity contribution is 5.79. The molecular formula is C20H25NO. The molecule has 0 aliphatic heterocycles. The van der Waals surface area contributed by atoms with Crippen LogP contribution in [0.1, 0.15) is 44.9 Å². The van der Waals surface area contributed by atoms with Gasteiger partial charge in [0, 0.05) is 22.2 Å². The van der Waals surface area contributed by atoms with Crippen molar-refractivity contribution in [3.63, 3.8) is 0 Å². The summed E-state index contributed by atoms with van der Waals surface area (Å²) in [5, 5.41) is 0.777. The summed E-state index contributed by atoms with van der Waals surface area (Å²) >= 11 is 0. The van der Waals surface area contributed by atoms with E-state index in [1.807, 2.05) is 31.2 Å². The lowest BCUT2D eigenvalue weighted by atomic mass is 10.0. The van der Waals surface area contributed by atoms with Gasteiger partial charge in [0.25, 0.3) is 0 Å². The largest absolute Gasteiger partial charge is 0.358 e. The highest BCUT2D eigenvalue weighted by atomic mass is 16.1. The van der Waals surface area contributed by atoms with Crippen molar-refractivity contribution < 1.29 is 0 Å². The minimum atomic E-state index is 0.153. The summed E-state index contributed by atoms with van der Waals surface area (Å²) in [7, 11) is 0. The van der Waals surface area contributed by atoms with E-state index in [0.29, 0.717) is 6.42 Å². The molecule has 0 fully saturated rings. The number of aromatic amines is 1. The molecule has 2 nitrogen and oxygen atoms in total. The Balaban J connectivity index is 2.21. The Hall–Kier alpha value is -2.09. The molecule has 1 aromatic heterocycles. The quantitative estimate of drug-likeness (QED) is 0.767.